The van der Waals surface area contributed by atoms with Crippen LogP contribution in [0.25, 0.3) is 0 Å². The summed E-state index contributed by atoms with van der Waals surface area (Å²) in [5, 5.41) is 15.1. The van der Waals surface area contributed by atoms with Gasteiger partial charge in [0, 0.05) is 28.7 Å². The Bertz CT molecular complexity index is 2260. The van der Waals surface area contributed by atoms with Gasteiger partial charge in [-0.1, -0.05) is 18.5 Å². The molecule has 4 amide bonds. The Kier molecular flexibility index (Phi) is 12.5. The van der Waals surface area contributed by atoms with Crippen molar-refractivity contribution in [2.24, 2.45) is 11.8 Å². The van der Waals surface area contributed by atoms with Gasteiger partial charge in [0.05, 0.1) is 30.1 Å². The SMILES string of the molecule is CCc1cc(N2C(=S)N(c3cnc(C#N)c(C(F)(F)F)c3)C(=O)C23CCC3)ccc1OCCC1CCN([C@H](C)C(=O)Nc2cc(Cl)cc(CC3CCC(=O)NC3=O)c2)CC1. The molecule has 0 bridgehead atoms. The smallest absolute Gasteiger partial charge is 0.419 e. The third kappa shape index (κ3) is 8.71. The maximum Gasteiger partial charge on any atom is 0.419 e. The highest BCUT2D eigenvalue weighted by Crippen LogP contribution is 2.49. The van der Waals surface area contributed by atoms with Gasteiger partial charge in [-0.2, -0.15) is 18.4 Å². The molecule has 4 heterocycles. The van der Waals surface area contributed by atoms with Crippen molar-refractivity contribution >= 4 is 69.6 Å². The summed E-state index contributed by atoms with van der Waals surface area (Å²) in [6.45, 7) is 5.84. The topological polar surface area (TPSA) is 148 Å². The van der Waals surface area contributed by atoms with Crippen molar-refractivity contribution in [3.8, 4) is 11.8 Å². The number of benzene rings is 2. The lowest BCUT2D eigenvalue weighted by molar-refractivity contribution is -0.138. The summed E-state index contributed by atoms with van der Waals surface area (Å²) in [4.78, 5) is 59.8. The summed E-state index contributed by atoms with van der Waals surface area (Å²) in [7, 11) is 0. The summed E-state index contributed by atoms with van der Waals surface area (Å²) in [6.07, 6.45) is 2.36. The van der Waals surface area contributed by atoms with E-state index in [1.54, 1.807) is 17.0 Å². The van der Waals surface area contributed by atoms with Gasteiger partial charge in [-0.3, -0.25) is 34.3 Å². The van der Waals surface area contributed by atoms with Crippen LogP contribution < -0.4 is 25.2 Å². The summed E-state index contributed by atoms with van der Waals surface area (Å²) in [5.41, 5.74) is -0.274. The molecule has 0 radical (unpaired) electrons. The normalized spacial score (nSPS) is 20.2. The van der Waals surface area contributed by atoms with Gasteiger partial charge in [0.2, 0.25) is 17.7 Å². The van der Waals surface area contributed by atoms with Crippen LogP contribution in [0.5, 0.6) is 5.75 Å². The molecule has 2 aromatic carbocycles. The Morgan fingerprint density at radius 3 is 2.52 bits per heavy atom. The fraction of sp³-hybridized carbons (Fsp3) is 0.465. The second-order valence-corrected chi connectivity index (χ2v) is 16.8. The molecular formula is C43H45ClF3N7O5S. The van der Waals surface area contributed by atoms with E-state index in [1.165, 1.54) is 6.07 Å². The number of thiocarbonyl (C=S) groups is 1. The van der Waals surface area contributed by atoms with Gasteiger partial charge in [0.25, 0.3) is 5.91 Å². The van der Waals surface area contributed by atoms with E-state index in [1.807, 2.05) is 38.1 Å². The number of ether oxygens (including phenoxy) is 1. The number of pyridine rings is 1. The van der Waals surface area contributed by atoms with E-state index in [0.29, 0.717) is 73.2 Å². The van der Waals surface area contributed by atoms with Gasteiger partial charge >= 0.3 is 6.18 Å². The zero-order valence-corrected chi connectivity index (χ0v) is 34.8. The van der Waals surface area contributed by atoms with Gasteiger partial charge in [-0.25, -0.2) is 4.98 Å². The maximum atomic E-state index is 13.9. The van der Waals surface area contributed by atoms with Crippen molar-refractivity contribution in [1.82, 2.24) is 15.2 Å². The molecule has 2 atom stereocenters. The molecule has 1 spiro atoms. The molecule has 1 aliphatic carbocycles. The monoisotopic (exact) mass is 863 g/mol. The number of piperidine rings is 2. The number of alkyl halides is 3. The van der Waals surface area contributed by atoms with Crippen LogP contribution in [0.2, 0.25) is 5.02 Å². The van der Waals surface area contributed by atoms with Gasteiger partial charge in [0.15, 0.2) is 10.8 Å². The van der Waals surface area contributed by atoms with Crippen LogP contribution in [0.1, 0.15) is 87.6 Å². The molecule has 2 N–H and O–H groups in total. The molecule has 4 fully saturated rings. The number of hydrogen-bond acceptors (Lipinski definition) is 9. The number of nitrogens with zero attached hydrogens (tertiary/aromatic N) is 5. The second kappa shape index (κ2) is 17.5. The number of rotatable bonds is 12. The summed E-state index contributed by atoms with van der Waals surface area (Å²) >= 11 is 12.2. The number of amides is 4. The number of imide groups is 1. The number of carbonyl (C=O) groups excluding carboxylic acids is 4. The summed E-state index contributed by atoms with van der Waals surface area (Å²) in [5.74, 6) is -0.372. The first-order valence-electron chi connectivity index (χ1n) is 20.2. The van der Waals surface area contributed by atoms with E-state index in [2.05, 4.69) is 20.5 Å². The minimum absolute atomic E-state index is 0.0498. The van der Waals surface area contributed by atoms with Crippen molar-refractivity contribution in [3.63, 3.8) is 0 Å². The number of carbonyl (C=O) groups is 4. The molecule has 12 nitrogen and oxygen atoms in total. The number of anilines is 3. The van der Waals surface area contributed by atoms with Crippen LogP contribution >= 0.6 is 23.8 Å². The molecule has 1 saturated carbocycles. The first kappa shape index (κ1) is 43.0. The highest BCUT2D eigenvalue weighted by atomic mass is 35.5. The van der Waals surface area contributed by atoms with E-state index in [0.717, 1.165) is 67.1 Å². The Balaban J connectivity index is 0.928. The number of aromatic nitrogens is 1. The first-order valence-corrected chi connectivity index (χ1v) is 21.0. The summed E-state index contributed by atoms with van der Waals surface area (Å²) < 4.78 is 47.8. The molecule has 4 aliphatic rings. The lowest BCUT2D eigenvalue weighted by Gasteiger charge is -2.43. The predicted molar refractivity (Wildman–Crippen MR) is 222 cm³/mol. The fourth-order valence-electron chi connectivity index (χ4n) is 8.65. The number of nitriles is 1. The zero-order chi connectivity index (χ0) is 42.9. The standard InChI is InChI=1S/C43H45ClF3N7O5S/c1-3-28-20-32(54-41(60)53(40(58)42(54)12-4-13-42)33-22-34(43(45,46)47)35(23-48)49-24-33)6-7-36(28)59-16-11-26-9-14-52(15-10-26)25(2)38(56)50-31-19-27(18-30(44)21-31)17-29-5-8-37(55)51-39(29)57/h6-7,18-22,24-26,29H,3-5,8-17H2,1-2H3,(H,50,56)(H,51,55,57)/t25-,29?/m1/s1. The van der Waals surface area contributed by atoms with Crippen molar-refractivity contribution in [2.75, 3.05) is 34.8 Å². The van der Waals surface area contributed by atoms with Crippen molar-refractivity contribution in [1.29, 1.82) is 5.26 Å². The number of nitrogens with one attached hydrogen (secondary N) is 2. The van der Waals surface area contributed by atoms with Crippen LogP contribution in [-0.4, -0.2) is 69.9 Å². The Hall–Kier alpha value is -5.11. The Morgan fingerprint density at radius 1 is 1.12 bits per heavy atom. The van der Waals surface area contributed by atoms with Crippen molar-refractivity contribution in [2.45, 2.75) is 95.8 Å². The first-order chi connectivity index (χ1) is 28.6. The molecule has 17 heteroatoms. The number of hydrogen-bond donors (Lipinski definition) is 2. The Morgan fingerprint density at radius 2 is 1.87 bits per heavy atom. The van der Waals surface area contributed by atoms with Crippen LogP contribution in [0.3, 0.4) is 0 Å². The third-order valence-corrected chi connectivity index (χ3v) is 12.8. The average Bonchev–Trinajstić information content (AvgIpc) is 3.44. The van der Waals surface area contributed by atoms with E-state index in [-0.39, 0.29) is 40.5 Å². The van der Waals surface area contributed by atoms with Crippen LogP contribution in [0, 0.1) is 23.2 Å². The molecule has 316 valence electrons. The second-order valence-electron chi connectivity index (χ2n) is 16.0. The summed E-state index contributed by atoms with van der Waals surface area (Å²) in [6, 6.07) is 12.7. The molecule has 3 aromatic rings. The lowest BCUT2D eigenvalue weighted by atomic mass is 9.75. The maximum absolute atomic E-state index is 13.9. The van der Waals surface area contributed by atoms with Gasteiger partial charge in [0.1, 0.15) is 17.4 Å². The largest absolute Gasteiger partial charge is 0.493 e. The third-order valence-electron chi connectivity index (χ3n) is 12.2. The number of likely N-dealkylation sites (tertiary alicyclic amines) is 1. The van der Waals surface area contributed by atoms with E-state index in [4.69, 9.17) is 28.6 Å². The average molecular weight is 864 g/mol. The molecule has 1 unspecified atom stereocenters. The van der Waals surface area contributed by atoms with Gasteiger partial charge < -0.3 is 15.0 Å². The molecular weight excluding hydrogens is 819 g/mol. The van der Waals surface area contributed by atoms with Crippen LogP contribution in [0.4, 0.5) is 30.2 Å². The highest BCUT2D eigenvalue weighted by molar-refractivity contribution is 7.81. The Labute approximate surface area is 356 Å². The zero-order valence-electron chi connectivity index (χ0n) is 33.2. The molecule has 7 rings (SSSR count). The minimum Gasteiger partial charge on any atom is -0.493 e. The van der Waals surface area contributed by atoms with Gasteiger partial charge in [-0.15, -0.1) is 0 Å². The highest BCUT2D eigenvalue weighted by Gasteiger charge is 2.60. The van der Waals surface area contributed by atoms with Crippen molar-refractivity contribution < 1.29 is 37.1 Å². The minimum atomic E-state index is -4.85. The van der Waals surface area contributed by atoms with E-state index >= 15 is 0 Å². The molecule has 1 aromatic heterocycles. The molecule has 60 heavy (non-hydrogen) atoms. The van der Waals surface area contributed by atoms with Gasteiger partial charge in [-0.05, 0) is 150 Å². The van der Waals surface area contributed by atoms with Crippen LogP contribution in [-0.2, 0) is 38.2 Å². The predicted octanol–water partition coefficient (Wildman–Crippen LogP) is 7.35. The van der Waals surface area contributed by atoms with E-state index in [9.17, 15) is 37.6 Å². The fourth-order valence-corrected chi connectivity index (χ4v) is 9.37. The van der Waals surface area contributed by atoms with Crippen molar-refractivity contribution in [3.05, 3.63) is 76.1 Å². The quantitative estimate of drug-likeness (QED) is 0.140. The lowest BCUT2D eigenvalue weighted by Crippen LogP contribution is -2.55. The number of halogens is 4. The number of aryl methyl sites for hydroxylation is 1. The molecule has 3 saturated heterocycles. The molecule has 3 aliphatic heterocycles. The van der Waals surface area contributed by atoms with E-state index < -0.39 is 28.9 Å². The van der Waals surface area contributed by atoms with Crippen LogP contribution in [0.15, 0.2) is 48.7 Å².